The van der Waals surface area contributed by atoms with E-state index < -0.39 is 12.2 Å². The van der Waals surface area contributed by atoms with Gasteiger partial charge in [-0.1, -0.05) is 0 Å². The molecule has 21 heavy (non-hydrogen) atoms. The number of aromatic nitrogens is 1. The molecule has 118 valence electrons. The van der Waals surface area contributed by atoms with Gasteiger partial charge in [0.25, 0.3) is 5.91 Å². The van der Waals surface area contributed by atoms with Crippen molar-refractivity contribution in [3.05, 3.63) is 16.1 Å². The Balaban J connectivity index is 1.93. The number of alkyl halides is 3. The summed E-state index contributed by atoms with van der Waals surface area (Å²) in [5, 5.41) is 2.30. The molecule has 5 nitrogen and oxygen atoms in total. The topological polar surface area (TPSA) is 62.5 Å². The van der Waals surface area contributed by atoms with E-state index in [-0.39, 0.29) is 38.6 Å². The van der Waals surface area contributed by atoms with E-state index in [9.17, 15) is 18.0 Å². The van der Waals surface area contributed by atoms with Crippen LogP contribution in [-0.4, -0.2) is 59.1 Å². The molecule has 2 heterocycles. The van der Waals surface area contributed by atoms with Crippen molar-refractivity contribution in [2.24, 2.45) is 5.73 Å². The Kier molecular flexibility index (Phi) is 4.84. The third kappa shape index (κ3) is 3.72. The van der Waals surface area contributed by atoms with Crippen LogP contribution < -0.4 is 5.73 Å². The van der Waals surface area contributed by atoms with E-state index in [2.05, 4.69) is 4.98 Å². The smallest absolute Gasteiger partial charge is 0.335 e. The van der Waals surface area contributed by atoms with Crippen LogP contribution in [0.2, 0.25) is 0 Å². The number of nitrogens with two attached hydrogens (primary N) is 1. The zero-order valence-corrected chi connectivity index (χ0v) is 12.4. The minimum atomic E-state index is -4.24. The Morgan fingerprint density at radius 1 is 1.43 bits per heavy atom. The van der Waals surface area contributed by atoms with Crippen LogP contribution >= 0.6 is 11.3 Å². The van der Waals surface area contributed by atoms with Gasteiger partial charge in [-0.2, -0.15) is 13.2 Å². The first-order valence-electron chi connectivity index (χ1n) is 6.57. The van der Waals surface area contributed by atoms with E-state index in [1.807, 2.05) is 0 Å². The predicted octanol–water partition coefficient (Wildman–Crippen LogP) is 1.31. The van der Waals surface area contributed by atoms with Crippen LogP contribution in [0.4, 0.5) is 13.2 Å². The highest BCUT2D eigenvalue weighted by Gasteiger charge is 2.41. The summed E-state index contributed by atoms with van der Waals surface area (Å²) >= 11 is 1.31. The summed E-state index contributed by atoms with van der Waals surface area (Å²) < 4.78 is 38.0. The summed E-state index contributed by atoms with van der Waals surface area (Å²) in [5.74, 6) is -0.245. The predicted molar refractivity (Wildman–Crippen MR) is 73.0 cm³/mol. The standard InChI is InChI=1S/C12H17F3N4OS/c1-8(12(13,14)15)18-2-4-19(5-3-18)11(20)9-7-21-10(6-16)17-9/h7-8H,2-6,16H2,1H3. The van der Waals surface area contributed by atoms with Crippen molar-refractivity contribution in [1.29, 1.82) is 0 Å². The van der Waals surface area contributed by atoms with Gasteiger partial charge in [-0.25, -0.2) is 4.98 Å². The molecule has 0 bridgehead atoms. The van der Waals surface area contributed by atoms with Gasteiger partial charge in [0, 0.05) is 38.1 Å². The van der Waals surface area contributed by atoms with Gasteiger partial charge in [0.15, 0.2) is 0 Å². The number of piperazine rings is 1. The molecule has 1 aromatic heterocycles. The minimum Gasteiger partial charge on any atom is -0.335 e. The number of nitrogens with zero attached hydrogens (tertiary/aromatic N) is 3. The lowest BCUT2D eigenvalue weighted by molar-refractivity contribution is -0.181. The van der Waals surface area contributed by atoms with Crippen molar-refractivity contribution in [2.75, 3.05) is 26.2 Å². The Morgan fingerprint density at radius 3 is 2.52 bits per heavy atom. The third-order valence-electron chi connectivity index (χ3n) is 3.57. The number of halogens is 3. The summed E-state index contributed by atoms with van der Waals surface area (Å²) in [6.07, 6.45) is -4.24. The molecule has 1 amide bonds. The van der Waals surface area contributed by atoms with Crippen LogP contribution in [0.5, 0.6) is 0 Å². The fourth-order valence-electron chi connectivity index (χ4n) is 2.18. The molecule has 2 N–H and O–H groups in total. The van der Waals surface area contributed by atoms with Gasteiger partial charge in [0.1, 0.15) is 16.7 Å². The summed E-state index contributed by atoms with van der Waals surface area (Å²) in [6.45, 7) is 2.38. The molecule has 2 rings (SSSR count). The van der Waals surface area contributed by atoms with Gasteiger partial charge < -0.3 is 10.6 Å². The number of hydrogen-bond acceptors (Lipinski definition) is 5. The van der Waals surface area contributed by atoms with Crippen LogP contribution in [0.3, 0.4) is 0 Å². The van der Waals surface area contributed by atoms with E-state index in [0.29, 0.717) is 10.7 Å². The Morgan fingerprint density at radius 2 is 2.05 bits per heavy atom. The number of rotatable bonds is 3. The lowest BCUT2D eigenvalue weighted by Gasteiger charge is -2.38. The first-order chi connectivity index (χ1) is 9.82. The van der Waals surface area contributed by atoms with Gasteiger partial charge in [0.2, 0.25) is 0 Å². The summed E-state index contributed by atoms with van der Waals surface area (Å²) in [5.41, 5.74) is 5.76. The molecule has 0 saturated carbocycles. The highest BCUT2D eigenvalue weighted by molar-refractivity contribution is 7.09. The molecule has 1 aliphatic heterocycles. The molecule has 0 radical (unpaired) electrons. The molecule has 1 aromatic rings. The molecule has 9 heteroatoms. The van der Waals surface area contributed by atoms with E-state index in [4.69, 9.17) is 5.73 Å². The van der Waals surface area contributed by atoms with Crippen molar-refractivity contribution < 1.29 is 18.0 Å². The maximum atomic E-state index is 12.7. The van der Waals surface area contributed by atoms with Gasteiger partial charge in [-0.15, -0.1) is 11.3 Å². The van der Waals surface area contributed by atoms with Crippen LogP contribution in [-0.2, 0) is 6.54 Å². The Labute approximate surface area is 124 Å². The molecule has 0 aliphatic carbocycles. The Hall–Kier alpha value is -1.19. The summed E-state index contributed by atoms with van der Waals surface area (Å²) in [4.78, 5) is 19.2. The normalized spacial score (nSPS) is 18.8. The molecule has 0 spiro atoms. The van der Waals surface area contributed by atoms with Crippen LogP contribution in [0.15, 0.2) is 5.38 Å². The highest BCUT2D eigenvalue weighted by atomic mass is 32.1. The van der Waals surface area contributed by atoms with Crippen molar-refractivity contribution in [3.63, 3.8) is 0 Å². The third-order valence-corrected chi connectivity index (χ3v) is 4.44. The Bertz CT molecular complexity index is 497. The van der Waals surface area contributed by atoms with E-state index in [1.54, 1.807) is 5.38 Å². The zero-order chi connectivity index (χ0) is 15.6. The molecular weight excluding hydrogens is 305 g/mol. The number of amides is 1. The van der Waals surface area contributed by atoms with Crippen LogP contribution in [0.25, 0.3) is 0 Å². The second-order valence-electron chi connectivity index (χ2n) is 4.88. The number of carbonyl (C=O) groups is 1. The second kappa shape index (κ2) is 6.29. The van der Waals surface area contributed by atoms with E-state index >= 15 is 0 Å². The lowest BCUT2D eigenvalue weighted by atomic mass is 10.2. The monoisotopic (exact) mass is 322 g/mol. The van der Waals surface area contributed by atoms with Crippen molar-refractivity contribution >= 4 is 17.2 Å². The SMILES string of the molecule is CC(N1CCN(C(=O)c2csc(CN)n2)CC1)C(F)(F)F. The zero-order valence-electron chi connectivity index (χ0n) is 11.6. The quantitative estimate of drug-likeness (QED) is 0.911. The van der Waals surface area contributed by atoms with Gasteiger partial charge >= 0.3 is 6.18 Å². The maximum absolute atomic E-state index is 12.7. The number of carbonyl (C=O) groups excluding carboxylic acids is 1. The van der Waals surface area contributed by atoms with Gasteiger partial charge in [-0.3, -0.25) is 9.69 Å². The highest BCUT2D eigenvalue weighted by Crippen LogP contribution is 2.25. The summed E-state index contributed by atoms with van der Waals surface area (Å²) in [7, 11) is 0. The molecular formula is C12H17F3N4OS. The molecule has 0 aromatic carbocycles. The molecule has 1 unspecified atom stereocenters. The minimum absolute atomic E-state index is 0.209. The van der Waals surface area contributed by atoms with Gasteiger partial charge in [0.05, 0.1) is 0 Å². The summed E-state index contributed by atoms with van der Waals surface area (Å²) in [6, 6.07) is -1.49. The number of thiazole rings is 1. The maximum Gasteiger partial charge on any atom is 0.403 e. The fourth-order valence-corrected chi connectivity index (χ4v) is 2.83. The van der Waals surface area contributed by atoms with Crippen molar-refractivity contribution in [2.45, 2.75) is 25.7 Å². The van der Waals surface area contributed by atoms with E-state index in [1.165, 1.54) is 21.1 Å². The molecule has 1 fully saturated rings. The van der Waals surface area contributed by atoms with Crippen LogP contribution in [0, 0.1) is 0 Å². The van der Waals surface area contributed by atoms with E-state index in [0.717, 1.165) is 6.92 Å². The average Bonchev–Trinajstić information content (AvgIpc) is 2.94. The van der Waals surface area contributed by atoms with Crippen LogP contribution in [0.1, 0.15) is 22.4 Å². The van der Waals surface area contributed by atoms with Crippen molar-refractivity contribution in [1.82, 2.24) is 14.8 Å². The fraction of sp³-hybridized carbons (Fsp3) is 0.667. The van der Waals surface area contributed by atoms with Gasteiger partial charge in [-0.05, 0) is 6.92 Å². The largest absolute Gasteiger partial charge is 0.403 e. The second-order valence-corrected chi connectivity index (χ2v) is 5.82. The van der Waals surface area contributed by atoms with Crippen molar-refractivity contribution in [3.8, 4) is 0 Å². The lowest BCUT2D eigenvalue weighted by Crippen LogP contribution is -2.54. The average molecular weight is 322 g/mol. The molecule has 1 atom stereocenters. The first-order valence-corrected chi connectivity index (χ1v) is 7.45. The molecule has 1 aliphatic rings. The number of hydrogen-bond donors (Lipinski definition) is 1. The molecule has 1 saturated heterocycles. The first kappa shape index (κ1) is 16.2.